The summed E-state index contributed by atoms with van der Waals surface area (Å²) >= 11 is 0. The number of anilines is 1. The molecule has 0 aliphatic carbocycles. The highest BCUT2D eigenvalue weighted by molar-refractivity contribution is 5.94. The van der Waals surface area contributed by atoms with Crippen molar-refractivity contribution in [1.29, 1.82) is 0 Å². The molecule has 2 N–H and O–H groups in total. The standard InChI is InChI=1S/C14H21FN2O3/c1-19-8-3-6-17(7-9-20-2)14(18)12-5-4-11(16)10-13(12)15/h4-5,10H,3,6-9,16H2,1-2H3. The third-order valence-corrected chi connectivity index (χ3v) is 2.85. The lowest BCUT2D eigenvalue weighted by molar-refractivity contribution is 0.0669. The number of hydrogen-bond donors (Lipinski definition) is 1. The molecule has 1 rings (SSSR count). The number of amides is 1. The van der Waals surface area contributed by atoms with Gasteiger partial charge in [0, 0.05) is 39.6 Å². The fourth-order valence-electron chi connectivity index (χ4n) is 1.79. The Balaban J connectivity index is 2.79. The minimum Gasteiger partial charge on any atom is -0.399 e. The molecule has 1 aromatic rings. The molecular weight excluding hydrogens is 263 g/mol. The quantitative estimate of drug-likeness (QED) is 0.581. The van der Waals surface area contributed by atoms with Crippen LogP contribution in [0.3, 0.4) is 0 Å². The number of methoxy groups -OCH3 is 2. The van der Waals surface area contributed by atoms with Crippen LogP contribution in [0.5, 0.6) is 0 Å². The topological polar surface area (TPSA) is 64.8 Å². The van der Waals surface area contributed by atoms with Gasteiger partial charge in [0.05, 0.1) is 12.2 Å². The third kappa shape index (κ3) is 4.79. The molecule has 0 bridgehead atoms. The monoisotopic (exact) mass is 284 g/mol. The average molecular weight is 284 g/mol. The fraction of sp³-hybridized carbons (Fsp3) is 0.500. The van der Waals surface area contributed by atoms with Crippen LogP contribution in [-0.2, 0) is 9.47 Å². The summed E-state index contributed by atoms with van der Waals surface area (Å²) in [7, 11) is 3.16. The predicted octanol–water partition coefficient (Wildman–Crippen LogP) is 1.53. The fourth-order valence-corrected chi connectivity index (χ4v) is 1.79. The highest BCUT2D eigenvalue weighted by atomic mass is 19.1. The lowest BCUT2D eigenvalue weighted by Gasteiger charge is -2.22. The second-order valence-corrected chi connectivity index (χ2v) is 4.37. The van der Waals surface area contributed by atoms with E-state index in [1.54, 1.807) is 19.1 Å². The van der Waals surface area contributed by atoms with Crippen molar-refractivity contribution < 1.29 is 18.7 Å². The minimum atomic E-state index is -0.607. The zero-order valence-corrected chi connectivity index (χ0v) is 11.9. The lowest BCUT2D eigenvalue weighted by atomic mass is 10.1. The van der Waals surface area contributed by atoms with Gasteiger partial charge in [-0.2, -0.15) is 0 Å². The van der Waals surface area contributed by atoms with E-state index in [4.69, 9.17) is 15.2 Å². The summed E-state index contributed by atoms with van der Waals surface area (Å²) in [5.74, 6) is -0.972. The Hall–Kier alpha value is -1.66. The Morgan fingerprint density at radius 1 is 1.25 bits per heavy atom. The van der Waals surface area contributed by atoms with Crippen LogP contribution < -0.4 is 5.73 Å². The Labute approximate surface area is 118 Å². The summed E-state index contributed by atoms with van der Waals surface area (Å²) < 4.78 is 23.7. The molecule has 6 heteroatoms. The molecule has 0 atom stereocenters. The van der Waals surface area contributed by atoms with E-state index in [9.17, 15) is 9.18 Å². The number of nitrogen functional groups attached to an aromatic ring is 1. The van der Waals surface area contributed by atoms with Crippen LogP contribution >= 0.6 is 0 Å². The summed E-state index contributed by atoms with van der Waals surface area (Å²) in [5, 5.41) is 0. The zero-order chi connectivity index (χ0) is 15.0. The van der Waals surface area contributed by atoms with Crippen molar-refractivity contribution in [2.75, 3.05) is 46.3 Å². The number of hydrogen-bond acceptors (Lipinski definition) is 4. The van der Waals surface area contributed by atoms with E-state index in [1.807, 2.05) is 0 Å². The zero-order valence-electron chi connectivity index (χ0n) is 11.9. The molecule has 0 aromatic heterocycles. The molecule has 0 aliphatic rings. The summed E-state index contributed by atoms with van der Waals surface area (Å²) in [5.41, 5.74) is 5.80. The molecule has 1 aromatic carbocycles. The largest absolute Gasteiger partial charge is 0.399 e. The van der Waals surface area contributed by atoms with E-state index in [-0.39, 0.29) is 11.5 Å². The average Bonchev–Trinajstić information content (AvgIpc) is 2.42. The van der Waals surface area contributed by atoms with Gasteiger partial charge in [0.2, 0.25) is 0 Å². The normalized spacial score (nSPS) is 10.6. The lowest BCUT2D eigenvalue weighted by Crippen LogP contribution is -2.35. The number of ether oxygens (including phenoxy) is 2. The Morgan fingerprint density at radius 2 is 1.95 bits per heavy atom. The number of nitrogens with zero attached hydrogens (tertiary/aromatic N) is 1. The molecule has 0 aliphatic heterocycles. The Bertz CT molecular complexity index is 440. The summed E-state index contributed by atoms with van der Waals surface area (Å²) in [6.45, 7) is 1.83. The van der Waals surface area contributed by atoms with Gasteiger partial charge < -0.3 is 20.1 Å². The van der Waals surface area contributed by atoms with Crippen molar-refractivity contribution in [2.45, 2.75) is 6.42 Å². The number of nitrogens with two attached hydrogens (primary N) is 1. The summed E-state index contributed by atoms with van der Waals surface area (Å²) in [6, 6.07) is 4.07. The molecule has 0 radical (unpaired) electrons. The smallest absolute Gasteiger partial charge is 0.256 e. The molecule has 20 heavy (non-hydrogen) atoms. The van der Waals surface area contributed by atoms with Crippen LogP contribution in [0.4, 0.5) is 10.1 Å². The molecule has 0 saturated heterocycles. The highest BCUT2D eigenvalue weighted by Crippen LogP contribution is 2.14. The third-order valence-electron chi connectivity index (χ3n) is 2.85. The van der Waals surface area contributed by atoms with E-state index in [1.165, 1.54) is 12.1 Å². The van der Waals surface area contributed by atoms with Crippen molar-refractivity contribution in [3.8, 4) is 0 Å². The van der Waals surface area contributed by atoms with Crippen LogP contribution in [0.2, 0.25) is 0 Å². The van der Waals surface area contributed by atoms with Gasteiger partial charge in [0.25, 0.3) is 5.91 Å². The van der Waals surface area contributed by atoms with Gasteiger partial charge in [-0.05, 0) is 24.6 Å². The number of rotatable bonds is 8. The van der Waals surface area contributed by atoms with Gasteiger partial charge in [-0.1, -0.05) is 0 Å². The Kier molecular flexibility index (Phi) is 6.97. The molecule has 0 heterocycles. The van der Waals surface area contributed by atoms with Gasteiger partial charge in [0.1, 0.15) is 5.82 Å². The van der Waals surface area contributed by atoms with Gasteiger partial charge in [-0.25, -0.2) is 4.39 Å². The number of benzene rings is 1. The van der Waals surface area contributed by atoms with E-state index < -0.39 is 5.82 Å². The van der Waals surface area contributed by atoms with Gasteiger partial charge in [0.15, 0.2) is 0 Å². The molecule has 112 valence electrons. The maximum atomic E-state index is 13.8. The highest BCUT2D eigenvalue weighted by Gasteiger charge is 2.18. The van der Waals surface area contributed by atoms with Crippen LogP contribution in [0.25, 0.3) is 0 Å². The van der Waals surface area contributed by atoms with Crippen molar-refractivity contribution in [2.24, 2.45) is 0 Å². The molecule has 0 spiro atoms. The maximum Gasteiger partial charge on any atom is 0.256 e. The van der Waals surface area contributed by atoms with Crippen molar-refractivity contribution >= 4 is 11.6 Å². The second-order valence-electron chi connectivity index (χ2n) is 4.37. The van der Waals surface area contributed by atoms with E-state index in [0.29, 0.717) is 38.4 Å². The van der Waals surface area contributed by atoms with Crippen LogP contribution in [0.15, 0.2) is 18.2 Å². The maximum absolute atomic E-state index is 13.8. The van der Waals surface area contributed by atoms with Crippen molar-refractivity contribution in [1.82, 2.24) is 4.90 Å². The van der Waals surface area contributed by atoms with Crippen LogP contribution in [0.1, 0.15) is 16.8 Å². The first kappa shape index (κ1) is 16.4. The second kappa shape index (κ2) is 8.50. The van der Waals surface area contributed by atoms with E-state index in [0.717, 1.165) is 6.07 Å². The van der Waals surface area contributed by atoms with Gasteiger partial charge in [-0.3, -0.25) is 4.79 Å². The molecule has 5 nitrogen and oxygen atoms in total. The summed E-state index contributed by atoms with van der Waals surface area (Å²) in [6.07, 6.45) is 0.683. The summed E-state index contributed by atoms with van der Waals surface area (Å²) in [4.78, 5) is 13.9. The van der Waals surface area contributed by atoms with Crippen LogP contribution in [0, 0.1) is 5.82 Å². The van der Waals surface area contributed by atoms with Crippen LogP contribution in [-0.4, -0.2) is 51.3 Å². The first-order chi connectivity index (χ1) is 9.60. The molecule has 0 fully saturated rings. The first-order valence-electron chi connectivity index (χ1n) is 6.42. The minimum absolute atomic E-state index is 0.0210. The predicted molar refractivity (Wildman–Crippen MR) is 75.1 cm³/mol. The van der Waals surface area contributed by atoms with Crippen molar-refractivity contribution in [3.63, 3.8) is 0 Å². The van der Waals surface area contributed by atoms with E-state index in [2.05, 4.69) is 0 Å². The molecular formula is C14H21FN2O3. The first-order valence-corrected chi connectivity index (χ1v) is 6.42. The number of carbonyl (C=O) groups is 1. The Morgan fingerprint density at radius 3 is 2.55 bits per heavy atom. The molecule has 0 saturated carbocycles. The molecule has 1 amide bonds. The number of halogens is 1. The van der Waals surface area contributed by atoms with Crippen molar-refractivity contribution in [3.05, 3.63) is 29.6 Å². The number of carbonyl (C=O) groups excluding carboxylic acids is 1. The molecule has 0 unspecified atom stereocenters. The van der Waals surface area contributed by atoms with Gasteiger partial charge >= 0.3 is 0 Å². The SMILES string of the molecule is COCCCN(CCOC)C(=O)c1ccc(N)cc1F. The van der Waals surface area contributed by atoms with Gasteiger partial charge in [-0.15, -0.1) is 0 Å². The van der Waals surface area contributed by atoms with E-state index >= 15 is 0 Å².